The number of nitrogens with one attached hydrogen (secondary N) is 1. The van der Waals surface area contributed by atoms with Gasteiger partial charge >= 0.3 is 12.0 Å². The van der Waals surface area contributed by atoms with Crippen LogP contribution in [-0.2, 0) is 4.79 Å². The number of carboxylic acids is 1. The van der Waals surface area contributed by atoms with Crippen molar-refractivity contribution >= 4 is 12.0 Å². The number of urea groups is 1. The Morgan fingerprint density at radius 1 is 1.53 bits per heavy atom. The first-order chi connectivity index (χ1) is 7.02. The van der Waals surface area contributed by atoms with Crippen molar-refractivity contribution in [2.45, 2.75) is 26.3 Å². The molecular formula is C9H19N3O3. The molecule has 2 amide bonds. The zero-order chi connectivity index (χ0) is 11.8. The quantitative estimate of drug-likeness (QED) is 0.576. The highest BCUT2D eigenvalue weighted by atomic mass is 16.4. The summed E-state index contributed by atoms with van der Waals surface area (Å²) < 4.78 is 0. The second kappa shape index (κ2) is 7.05. The third kappa shape index (κ3) is 5.21. The minimum absolute atomic E-state index is 0.0983. The molecule has 0 aliphatic carbocycles. The first kappa shape index (κ1) is 13.7. The summed E-state index contributed by atoms with van der Waals surface area (Å²) in [5.74, 6) is -1.02. The Balaban J connectivity index is 4.33. The fourth-order valence-corrected chi connectivity index (χ4v) is 1.07. The molecule has 0 fully saturated rings. The van der Waals surface area contributed by atoms with Crippen LogP contribution in [0.2, 0.25) is 0 Å². The van der Waals surface area contributed by atoms with Crippen molar-refractivity contribution in [3.8, 4) is 0 Å². The van der Waals surface area contributed by atoms with Crippen LogP contribution in [0.25, 0.3) is 0 Å². The first-order valence-corrected chi connectivity index (χ1v) is 4.99. The number of hydrogen-bond acceptors (Lipinski definition) is 3. The Hall–Kier alpha value is -1.30. The number of amides is 2. The lowest BCUT2D eigenvalue weighted by Crippen LogP contribution is -2.48. The average molecular weight is 217 g/mol. The van der Waals surface area contributed by atoms with Crippen molar-refractivity contribution in [3.63, 3.8) is 0 Å². The maximum absolute atomic E-state index is 11.5. The van der Waals surface area contributed by atoms with Gasteiger partial charge in [0.1, 0.15) is 6.54 Å². The van der Waals surface area contributed by atoms with Crippen molar-refractivity contribution in [2.75, 3.05) is 19.6 Å². The van der Waals surface area contributed by atoms with Crippen molar-refractivity contribution < 1.29 is 14.7 Å². The Bertz CT molecular complexity index is 221. The lowest BCUT2D eigenvalue weighted by molar-refractivity contribution is -0.138. The van der Waals surface area contributed by atoms with E-state index in [0.29, 0.717) is 19.5 Å². The van der Waals surface area contributed by atoms with Gasteiger partial charge in [0.2, 0.25) is 0 Å². The third-order valence-corrected chi connectivity index (χ3v) is 2.11. The molecule has 0 saturated carbocycles. The maximum atomic E-state index is 11.5. The van der Waals surface area contributed by atoms with E-state index in [1.807, 2.05) is 13.8 Å². The zero-order valence-electron chi connectivity index (χ0n) is 9.19. The normalized spacial score (nSPS) is 11.9. The summed E-state index contributed by atoms with van der Waals surface area (Å²) in [6, 6.07) is -0.476. The van der Waals surface area contributed by atoms with E-state index in [9.17, 15) is 9.59 Å². The van der Waals surface area contributed by atoms with E-state index < -0.39 is 5.97 Å². The second-order valence-electron chi connectivity index (χ2n) is 3.30. The smallest absolute Gasteiger partial charge is 0.323 e. The molecule has 0 spiro atoms. The number of hydrogen-bond donors (Lipinski definition) is 3. The number of carboxylic acid groups (broad SMARTS) is 1. The van der Waals surface area contributed by atoms with E-state index in [4.69, 9.17) is 10.8 Å². The molecule has 1 unspecified atom stereocenters. The lowest BCUT2D eigenvalue weighted by Gasteiger charge is -2.26. The Morgan fingerprint density at radius 3 is 2.53 bits per heavy atom. The van der Waals surface area contributed by atoms with Crippen molar-refractivity contribution in [3.05, 3.63) is 0 Å². The number of nitrogens with zero attached hydrogens (tertiary/aromatic N) is 1. The average Bonchev–Trinajstić information content (AvgIpc) is 2.21. The number of rotatable bonds is 6. The van der Waals surface area contributed by atoms with Crippen LogP contribution in [0.5, 0.6) is 0 Å². The number of carbonyl (C=O) groups is 2. The van der Waals surface area contributed by atoms with E-state index >= 15 is 0 Å². The van der Waals surface area contributed by atoms with Gasteiger partial charge in [-0.2, -0.15) is 0 Å². The van der Waals surface area contributed by atoms with E-state index in [2.05, 4.69) is 5.32 Å². The molecule has 0 saturated heterocycles. The predicted molar refractivity (Wildman–Crippen MR) is 56.5 cm³/mol. The van der Waals surface area contributed by atoms with E-state index in [1.54, 1.807) is 0 Å². The Morgan fingerprint density at radius 2 is 2.13 bits per heavy atom. The van der Waals surface area contributed by atoms with Gasteiger partial charge in [0.15, 0.2) is 0 Å². The fraction of sp³-hybridized carbons (Fsp3) is 0.778. The zero-order valence-corrected chi connectivity index (χ0v) is 9.19. The van der Waals surface area contributed by atoms with Crippen LogP contribution < -0.4 is 11.1 Å². The first-order valence-electron chi connectivity index (χ1n) is 4.99. The fourth-order valence-electron chi connectivity index (χ4n) is 1.07. The van der Waals surface area contributed by atoms with Crippen molar-refractivity contribution in [1.82, 2.24) is 10.2 Å². The molecule has 0 rings (SSSR count). The molecule has 0 aliphatic rings. The van der Waals surface area contributed by atoms with Gasteiger partial charge in [0.05, 0.1) is 0 Å². The third-order valence-electron chi connectivity index (χ3n) is 2.11. The summed E-state index contributed by atoms with van der Waals surface area (Å²) >= 11 is 0. The van der Waals surface area contributed by atoms with Crippen LogP contribution >= 0.6 is 0 Å². The topological polar surface area (TPSA) is 95.7 Å². The summed E-state index contributed by atoms with van der Waals surface area (Å²) in [6.07, 6.45) is 0.712. The van der Waals surface area contributed by atoms with Crippen LogP contribution in [0.3, 0.4) is 0 Å². The van der Waals surface area contributed by atoms with Gasteiger partial charge in [0.25, 0.3) is 0 Å². The highest BCUT2D eigenvalue weighted by molar-refractivity contribution is 5.80. The van der Waals surface area contributed by atoms with Crippen LogP contribution in [0.4, 0.5) is 4.79 Å². The second-order valence-corrected chi connectivity index (χ2v) is 3.30. The lowest BCUT2D eigenvalue weighted by atomic mass is 10.2. The van der Waals surface area contributed by atoms with Crippen molar-refractivity contribution in [1.29, 1.82) is 0 Å². The van der Waals surface area contributed by atoms with Crippen LogP contribution in [0, 0.1) is 0 Å². The maximum Gasteiger partial charge on any atom is 0.323 e. The largest absolute Gasteiger partial charge is 0.480 e. The SMILES string of the molecule is CCC(C)N(CC(=O)O)C(=O)NCCN. The number of nitrogens with two attached hydrogens (primary N) is 1. The summed E-state index contributed by atoms with van der Waals surface area (Å²) in [6.45, 7) is 4.12. The van der Waals surface area contributed by atoms with Gasteiger partial charge in [-0.25, -0.2) is 4.79 Å². The Kier molecular flexibility index (Phi) is 6.44. The van der Waals surface area contributed by atoms with E-state index in [0.717, 1.165) is 0 Å². The molecule has 6 nitrogen and oxygen atoms in total. The monoisotopic (exact) mass is 217 g/mol. The summed E-state index contributed by atoms with van der Waals surface area (Å²) in [5.41, 5.74) is 5.24. The minimum atomic E-state index is -1.02. The molecule has 15 heavy (non-hydrogen) atoms. The van der Waals surface area contributed by atoms with Gasteiger partial charge in [-0.15, -0.1) is 0 Å². The summed E-state index contributed by atoms with van der Waals surface area (Å²) in [4.78, 5) is 23.4. The Labute approximate surface area is 89.4 Å². The predicted octanol–water partition coefficient (Wildman–Crippen LogP) is -0.160. The molecule has 0 aliphatic heterocycles. The molecule has 0 aromatic carbocycles. The van der Waals surface area contributed by atoms with Crippen molar-refractivity contribution in [2.24, 2.45) is 5.73 Å². The summed E-state index contributed by atoms with van der Waals surface area (Å²) in [7, 11) is 0. The molecule has 0 aromatic heterocycles. The van der Waals surface area contributed by atoms with E-state index in [-0.39, 0.29) is 18.6 Å². The molecule has 0 radical (unpaired) electrons. The van der Waals surface area contributed by atoms with E-state index in [1.165, 1.54) is 4.90 Å². The summed E-state index contributed by atoms with van der Waals surface area (Å²) in [5, 5.41) is 11.2. The molecule has 1 atom stereocenters. The molecule has 0 bridgehead atoms. The van der Waals surface area contributed by atoms with Crippen LogP contribution in [0.1, 0.15) is 20.3 Å². The highest BCUT2D eigenvalue weighted by Crippen LogP contribution is 2.03. The van der Waals surface area contributed by atoms with Gasteiger partial charge in [0, 0.05) is 19.1 Å². The minimum Gasteiger partial charge on any atom is -0.480 e. The number of aliphatic carboxylic acids is 1. The molecule has 0 aromatic rings. The van der Waals surface area contributed by atoms with Gasteiger partial charge in [-0.1, -0.05) is 6.92 Å². The van der Waals surface area contributed by atoms with Crippen LogP contribution in [0.15, 0.2) is 0 Å². The van der Waals surface area contributed by atoms with Gasteiger partial charge < -0.3 is 21.1 Å². The molecule has 88 valence electrons. The molecule has 4 N–H and O–H groups in total. The standard InChI is InChI=1S/C9H19N3O3/c1-3-7(2)12(6-8(13)14)9(15)11-5-4-10/h7H,3-6,10H2,1-2H3,(H,11,15)(H,13,14). The van der Waals surface area contributed by atoms with Crippen LogP contribution in [-0.4, -0.2) is 47.7 Å². The van der Waals surface area contributed by atoms with Gasteiger partial charge in [-0.3, -0.25) is 4.79 Å². The highest BCUT2D eigenvalue weighted by Gasteiger charge is 2.20. The van der Waals surface area contributed by atoms with Gasteiger partial charge in [-0.05, 0) is 13.3 Å². The molecule has 6 heteroatoms. The molecular weight excluding hydrogens is 198 g/mol. The number of carbonyl (C=O) groups excluding carboxylic acids is 1. The molecule has 0 heterocycles.